The number of benzene rings is 1. The van der Waals surface area contributed by atoms with E-state index in [-0.39, 0.29) is 11.0 Å². The zero-order valence-electron chi connectivity index (χ0n) is 16.7. The summed E-state index contributed by atoms with van der Waals surface area (Å²) in [5.74, 6) is 1.30. The van der Waals surface area contributed by atoms with Gasteiger partial charge in [0.2, 0.25) is 0 Å². The zero-order chi connectivity index (χ0) is 19.1. The van der Waals surface area contributed by atoms with Crippen LogP contribution in [-0.2, 0) is 6.54 Å². The number of aryl methyl sites for hydroxylation is 2. The highest BCUT2D eigenvalue weighted by atomic mass is 16.1. The molecule has 0 radical (unpaired) electrons. The number of aromatic amines is 1. The zero-order valence-corrected chi connectivity index (χ0v) is 16.7. The van der Waals surface area contributed by atoms with Crippen LogP contribution in [0.4, 0.5) is 0 Å². The standard InChI is InChI=1S/C22H29N3O/c1-7-15(3)22(5,6)13-25-16(4)24-20(11-21(25)26)18-12-23-19-9-8-14(2)10-17(18)19/h8-12,15,23H,7,13H2,1-6H3. The van der Waals surface area contributed by atoms with Crippen molar-refractivity contribution in [2.24, 2.45) is 11.3 Å². The van der Waals surface area contributed by atoms with Gasteiger partial charge in [0, 0.05) is 35.3 Å². The van der Waals surface area contributed by atoms with E-state index < -0.39 is 0 Å². The maximum Gasteiger partial charge on any atom is 0.254 e. The fraction of sp³-hybridized carbons (Fsp3) is 0.455. The van der Waals surface area contributed by atoms with Gasteiger partial charge in [-0.15, -0.1) is 0 Å². The van der Waals surface area contributed by atoms with Crippen LogP contribution in [0.15, 0.2) is 35.3 Å². The van der Waals surface area contributed by atoms with Crippen molar-refractivity contribution in [3.8, 4) is 11.3 Å². The summed E-state index contributed by atoms with van der Waals surface area (Å²) in [6, 6.07) is 7.95. The van der Waals surface area contributed by atoms with Crippen LogP contribution in [0.2, 0.25) is 0 Å². The van der Waals surface area contributed by atoms with Crippen LogP contribution in [0.3, 0.4) is 0 Å². The van der Waals surface area contributed by atoms with E-state index in [1.807, 2.05) is 17.7 Å². The van der Waals surface area contributed by atoms with Crippen LogP contribution in [0.1, 0.15) is 45.5 Å². The summed E-state index contributed by atoms with van der Waals surface area (Å²) >= 11 is 0. The predicted molar refractivity (Wildman–Crippen MR) is 108 cm³/mol. The SMILES string of the molecule is CCC(C)C(C)(C)Cn1c(C)nc(-c2c[nH]c3ccc(C)cc23)cc1=O. The first-order valence-corrected chi connectivity index (χ1v) is 9.39. The van der Waals surface area contributed by atoms with Crippen molar-refractivity contribution in [1.29, 1.82) is 0 Å². The number of rotatable bonds is 5. The molecule has 138 valence electrons. The minimum Gasteiger partial charge on any atom is -0.360 e. The average molecular weight is 351 g/mol. The lowest BCUT2D eigenvalue weighted by Crippen LogP contribution is -2.34. The Balaban J connectivity index is 2.05. The van der Waals surface area contributed by atoms with Crippen LogP contribution in [0, 0.1) is 25.2 Å². The molecular formula is C22H29N3O. The average Bonchev–Trinajstić information content (AvgIpc) is 3.00. The van der Waals surface area contributed by atoms with Crippen LogP contribution in [0.25, 0.3) is 22.2 Å². The summed E-state index contributed by atoms with van der Waals surface area (Å²) < 4.78 is 1.82. The number of nitrogens with zero attached hydrogens (tertiary/aromatic N) is 2. The molecule has 26 heavy (non-hydrogen) atoms. The summed E-state index contributed by atoms with van der Waals surface area (Å²) in [6.07, 6.45) is 3.04. The van der Waals surface area contributed by atoms with Crippen LogP contribution < -0.4 is 5.56 Å². The van der Waals surface area contributed by atoms with Gasteiger partial charge in [-0.05, 0) is 37.3 Å². The Morgan fingerprint density at radius 2 is 1.96 bits per heavy atom. The molecule has 3 aromatic rings. The second kappa shape index (κ2) is 6.75. The van der Waals surface area contributed by atoms with E-state index in [1.165, 1.54) is 5.56 Å². The molecule has 0 saturated carbocycles. The van der Waals surface area contributed by atoms with E-state index in [0.29, 0.717) is 12.5 Å². The molecule has 0 aliphatic heterocycles. The van der Waals surface area contributed by atoms with E-state index in [2.05, 4.69) is 57.8 Å². The number of hydrogen-bond acceptors (Lipinski definition) is 2. The van der Waals surface area contributed by atoms with Crippen LogP contribution in [-0.4, -0.2) is 14.5 Å². The molecule has 4 heteroatoms. The lowest BCUT2D eigenvalue weighted by atomic mass is 9.78. The normalized spacial score (nSPS) is 13.3. The Morgan fingerprint density at radius 3 is 2.62 bits per heavy atom. The maximum atomic E-state index is 12.9. The van der Waals surface area contributed by atoms with E-state index in [4.69, 9.17) is 4.98 Å². The number of aromatic nitrogens is 3. The molecular weight excluding hydrogens is 322 g/mol. The van der Waals surface area contributed by atoms with Crippen molar-refractivity contribution in [2.75, 3.05) is 0 Å². The topological polar surface area (TPSA) is 50.7 Å². The molecule has 0 amide bonds. The molecule has 4 nitrogen and oxygen atoms in total. The van der Waals surface area contributed by atoms with Gasteiger partial charge in [0.05, 0.1) is 5.69 Å². The number of nitrogens with one attached hydrogen (secondary N) is 1. The Labute approximate surface area is 155 Å². The second-order valence-corrected chi connectivity index (χ2v) is 8.16. The first-order chi connectivity index (χ1) is 12.2. The molecule has 0 aliphatic rings. The highest BCUT2D eigenvalue weighted by Crippen LogP contribution is 2.31. The van der Waals surface area contributed by atoms with Crippen molar-refractivity contribution < 1.29 is 0 Å². The lowest BCUT2D eigenvalue weighted by molar-refractivity contribution is 0.184. The molecule has 0 fully saturated rings. The minimum absolute atomic E-state index is 0.0193. The van der Waals surface area contributed by atoms with Gasteiger partial charge in [0.15, 0.2) is 0 Å². The van der Waals surface area contributed by atoms with Gasteiger partial charge in [-0.3, -0.25) is 9.36 Å². The van der Waals surface area contributed by atoms with Crippen molar-refractivity contribution in [2.45, 2.75) is 54.5 Å². The number of hydrogen-bond donors (Lipinski definition) is 1. The monoisotopic (exact) mass is 351 g/mol. The lowest BCUT2D eigenvalue weighted by Gasteiger charge is -2.32. The number of fused-ring (bicyclic) bond motifs is 1. The number of H-pyrrole nitrogens is 1. The summed E-state index contributed by atoms with van der Waals surface area (Å²) in [5, 5.41) is 1.11. The van der Waals surface area contributed by atoms with E-state index >= 15 is 0 Å². The third-order valence-corrected chi connectivity index (χ3v) is 5.82. The molecule has 2 heterocycles. The highest BCUT2D eigenvalue weighted by Gasteiger charge is 2.26. The smallest absolute Gasteiger partial charge is 0.254 e. The largest absolute Gasteiger partial charge is 0.360 e. The van der Waals surface area contributed by atoms with Crippen molar-refractivity contribution in [3.63, 3.8) is 0 Å². The van der Waals surface area contributed by atoms with Gasteiger partial charge < -0.3 is 4.98 Å². The van der Waals surface area contributed by atoms with Gasteiger partial charge >= 0.3 is 0 Å². The maximum absolute atomic E-state index is 12.9. The quantitative estimate of drug-likeness (QED) is 0.697. The Morgan fingerprint density at radius 1 is 1.23 bits per heavy atom. The van der Waals surface area contributed by atoms with Crippen molar-refractivity contribution >= 4 is 10.9 Å². The van der Waals surface area contributed by atoms with E-state index in [1.54, 1.807) is 6.07 Å². The predicted octanol–water partition coefficient (Wildman–Crippen LogP) is 5.08. The molecule has 0 aliphatic carbocycles. The fourth-order valence-corrected chi connectivity index (χ4v) is 3.51. The molecule has 0 spiro atoms. The van der Waals surface area contributed by atoms with Gasteiger partial charge in [-0.1, -0.05) is 45.7 Å². The molecule has 1 N–H and O–H groups in total. The Bertz CT molecular complexity index is 994. The van der Waals surface area contributed by atoms with Gasteiger partial charge in [0.25, 0.3) is 5.56 Å². The Kier molecular flexibility index (Phi) is 4.78. The minimum atomic E-state index is 0.0193. The molecule has 0 saturated heterocycles. The summed E-state index contributed by atoms with van der Waals surface area (Å²) in [6.45, 7) is 13.6. The van der Waals surface area contributed by atoms with E-state index in [9.17, 15) is 4.79 Å². The second-order valence-electron chi connectivity index (χ2n) is 8.16. The third-order valence-electron chi connectivity index (χ3n) is 5.82. The molecule has 1 aromatic carbocycles. The Hall–Kier alpha value is -2.36. The molecule has 2 aromatic heterocycles. The highest BCUT2D eigenvalue weighted by molar-refractivity contribution is 5.94. The molecule has 0 bridgehead atoms. The third kappa shape index (κ3) is 3.33. The first-order valence-electron chi connectivity index (χ1n) is 9.39. The molecule has 1 unspecified atom stereocenters. The summed E-state index contributed by atoms with van der Waals surface area (Å²) in [7, 11) is 0. The van der Waals surface area contributed by atoms with Gasteiger partial charge in [-0.2, -0.15) is 0 Å². The summed E-state index contributed by atoms with van der Waals surface area (Å²) in [5.41, 5.74) is 4.04. The van der Waals surface area contributed by atoms with Crippen molar-refractivity contribution in [3.05, 3.63) is 52.2 Å². The van der Waals surface area contributed by atoms with Gasteiger partial charge in [-0.25, -0.2) is 4.98 Å². The molecule has 1 atom stereocenters. The van der Waals surface area contributed by atoms with Crippen LogP contribution in [0.5, 0.6) is 0 Å². The first kappa shape index (κ1) is 18.4. The van der Waals surface area contributed by atoms with Gasteiger partial charge in [0.1, 0.15) is 5.82 Å². The van der Waals surface area contributed by atoms with Crippen LogP contribution >= 0.6 is 0 Å². The van der Waals surface area contributed by atoms with Crippen molar-refractivity contribution in [1.82, 2.24) is 14.5 Å². The molecule has 3 rings (SSSR count). The van der Waals surface area contributed by atoms with E-state index in [0.717, 1.165) is 34.4 Å². The fourth-order valence-electron chi connectivity index (χ4n) is 3.51. The summed E-state index contributed by atoms with van der Waals surface area (Å²) in [4.78, 5) is 20.9.